The summed E-state index contributed by atoms with van der Waals surface area (Å²) < 4.78 is 6.76. The topological polar surface area (TPSA) is 184 Å². The van der Waals surface area contributed by atoms with Crippen LogP contribution < -0.4 is 11.5 Å². The maximum absolute atomic E-state index is 13.1. The first-order chi connectivity index (χ1) is 64.5. The van der Waals surface area contributed by atoms with E-state index in [0.29, 0.717) is 42.0 Å². The van der Waals surface area contributed by atoms with Crippen LogP contribution in [-0.4, -0.2) is 100 Å². The number of rotatable bonds is 22. The van der Waals surface area contributed by atoms with Gasteiger partial charge in [0.25, 0.3) is 16.6 Å². The molecule has 5 unspecified atom stereocenters. The lowest BCUT2D eigenvalue weighted by Crippen LogP contribution is -2.47. The van der Waals surface area contributed by atoms with Crippen molar-refractivity contribution in [3.05, 3.63) is 448 Å². The number of aromatic nitrogens is 6. The minimum absolute atomic E-state index is 0.145. The van der Waals surface area contributed by atoms with Gasteiger partial charge >= 0.3 is 0 Å². The number of nitrogens with zero attached hydrogens (tertiary/aromatic N) is 13. The SMILES string of the molecule is Cc1nccn1[C@H]1CCC(C(C(N)=O)(c2ccccc2)c2ccccc2)C1.Cc1nccn1[C@H]1CCC(C(C(N)=O)(c2ccccc2)c2ccccc2)C1.[C-]#[N+]C(c1ccccc1)(c1ccccc1)C1CC[C@H](N2CCN=C2C)C1.[C-]#[N+]C(c1ccccc1)(c1ccccc1)C1CC[C@H](N2CCN=C2C)C1.[C-]#[N+]C(c1ccccc1)(c1ccccc1)C1CC[C@H](n2ccnc2C)C1. The Labute approximate surface area is 780 Å². The first kappa shape index (κ1) is 91.5. The van der Waals surface area contributed by atoms with E-state index in [1.165, 1.54) is 11.7 Å². The van der Waals surface area contributed by atoms with E-state index in [1.54, 1.807) is 0 Å². The van der Waals surface area contributed by atoms with Crippen molar-refractivity contribution >= 4 is 23.5 Å². The van der Waals surface area contributed by atoms with Gasteiger partial charge in [-0.2, -0.15) is 0 Å². The lowest BCUT2D eigenvalue weighted by Gasteiger charge is -2.37. The molecule has 13 aromatic rings. The number of carbonyl (C=O) groups excluding carboxylic acids is 2. The molecule has 132 heavy (non-hydrogen) atoms. The van der Waals surface area contributed by atoms with E-state index in [2.05, 4.69) is 211 Å². The molecule has 7 aliphatic rings. The average Bonchev–Trinajstić information content (AvgIpc) is 1.33. The summed E-state index contributed by atoms with van der Waals surface area (Å²) in [6.45, 7) is 39.0. The lowest BCUT2D eigenvalue weighted by molar-refractivity contribution is -0.124. The third-order valence-corrected chi connectivity index (χ3v) is 30.4. The van der Waals surface area contributed by atoms with Crippen LogP contribution in [0.2, 0.25) is 0 Å². The number of hydrogen-bond donors (Lipinski definition) is 2. The molecular weight excluding hydrogens is 1620 g/mol. The molecule has 4 N–H and O–H groups in total. The second-order valence-electron chi connectivity index (χ2n) is 36.8. The summed E-state index contributed by atoms with van der Waals surface area (Å²) in [5, 5.41) is 0. The Morgan fingerprint density at radius 3 is 0.674 bits per heavy atom. The molecule has 2 amide bonds. The van der Waals surface area contributed by atoms with Gasteiger partial charge in [0.05, 0.1) is 24.8 Å². The van der Waals surface area contributed by atoms with Crippen molar-refractivity contribution in [1.29, 1.82) is 0 Å². The van der Waals surface area contributed by atoms with Gasteiger partial charge in [0.2, 0.25) is 11.8 Å². The van der Waals surface area contributed by atoms with Crippen LogP contribution in [0.3, 0.4) is 0 Å². The third kappa shape index (κ3) is 18.1. The van der Waals surface area contributed by atoms with Gasteiger partial charge < -0.3 is 35.0 Å². The van der Waals surface area contributed by atoms with Gasteiger partial charge in [-0.1, -0.05) is 303 Å². The van der Waals surface area contributed by atoms with Crippen molar-refractivity contribution in [3.8, 4) is 0 Å². The molecule has 10 aromatic carbocycles. The Hall–Kier alpha value is -13.8. The van der Waals surface area contributed by atoms with Gasteiger partial charge in [0.15, 0.2) is 0 Å². The van der Waals surface area contributed by atoms with Crippen LogP contribution in [0.4, 0.5) is 0 Å². The number of aliphatic imine (C=N–C) groups is 2. The number of carbonyl (C=O) groups is 2. The van der Waals surface area contributed by atoms with Crippen LogP contribution in [0.5, 0.6) is 0 Å². The van der Waals surface area contributed by atoms with E-state index < -0.39 is 27.4 Å². The molecule has 2 aliphatic heterocycles. The zero-order valence-corrected chi connectivity index (χ0v) is 76.8. The second-order valence-corrected chi connectivity index (χ2v) is 36.8. The second kappa shape index (κ2) is 41.5. The molecule has 17 heteroatoms. The highest BCUT2D eigenvalue weighted by atomic mass is 16.2. The summed E-state index contributed by atoms with van der Waals surface area (Å²) in [6, 6.07) is 105. The average molecular weight is 1750 g/mol. The first-order valence-corrected chi connectivity index (χ1v) is 47.4. The van der Waals surface area contributed by atoms with Crippen molar-refractivity contribution in [2.24, 2.45) is 51.0 Å². The van der Waals surface area contributed by atoms with Crippen LogP contribution in [0.25, 0.3) is 14.5 Å². The molecule has 670 valence electrons. The molecule has 17 nitrogen and oxygen atoms in total. The van der Waals surface area contributed by atoms with Crippen LogP contribution >= 0.6 is 0 Å². The molecule has 10 atom stereocenters. The molecule has 5 heterocycles. The smallest absolute Gasteiger partial charge is 0.285 e. The van der Waals surface area contributed by atoms with Gasteiger partial charge in [0.1, 0.15) is 28.3 Å². The zero-order chi connectivity index (χ0) is 91.7. The number of aryl methyl sites for hydroxylation is 3. The minimum Gasteiger partial charge on any atom is -0.369 e. The normalized spacial score (nSPS) is 21.1. The van der Waals surface area contributed by atoms with Crippen molar-refractivity contribution in [2.45, 2.75) is 189 Å². The zero-order valence-electron chi connectivity index (χ0n) is 76.8. The Bertz CT molecular complexity index is 5630. The summed E-state index contributed by atoms with van der Waals surface area (Å²) in [5.41, 5.74) is 19.5. The van der Waals surface area contributed by atoms with Gasteiger partial charge in [-0.3, -0.25) is 34.1 Å². The fourth-order valence-electron chi connectivity index (χ4n) is 24.2. The monoisotopic (exact) mass is 1750 g/mol. The molecular formula is C115H123N15O2. The molecule has 0 spiro atoms. The van der Waals surface area contributed by atoms with Crippen molar-refractivity contribution in [3.63, 3.8) is 0 Å². The Balaban J connectivity index is 0.000000120. The predicted molar refractivity (Wildman–Crippen MR) is 528 cm³/mol. The number of amides is 2. The standard InChI is InChI=1S/2C23H25N3O.2C23H25N3.C23H23N3/c2*1-17-25-14-15-26(17)21-13-12-20(16-21)23(22(24)27,18-8-4-2-5-9-18)19-10-6-3-7-11-19;3*1-18-25-15-16-26(18)22-14-13-21(17-22)23(24-2,19-9-5-3-6-10-19)20-11-7-4-8-12-20/h2*2-11,14-15,20-21H,12-13,16H2,1H3,(H2,24,27);2*3-12,21-22H,13-17H2,1H3;3-12,15-16,21-22H,13-14,17H2,1H3/t2*20?,21-;3*21?,22-/m00000/s1. The fraction of sp³-hybridized carbons (Fsp3) is 0.339. The minimum atomic E-state index is -0.814. The summed E-state index contributed by atoms with van der Waals surface area (Å²) in [6.07, 6.45) is 27.2. The van der Waals surface area contributed by atoms with E-state index in [-0.39, 0.29) is 29.6 Å². The highest BCUT2D eigenvalue weighted by Crippen LogP contribution is 2.56. The highest BCUT2D eigenvalue weighted by Gasteiger charge is 2.57. The number of primary amides is 2. The summed E-state index contributed by atoms with van der Waals surface area (Å²) in [5.74, 6) is 6.12. The van der Waals surface area contributed by atoms with E-state index >= 15 is 0 Å². The molecule has 20 rings (SSSR count). The largest absolute Gasteiger partial charge is 0.369 e. The van der Waals surface area contributed by atoms with Gasteiger partial charge in [0, 0.05) is 132 Å². The third-order valence-electron chi connectivity index (χ3n) is 30.4. The lowest BCUT2D eigenvalue weighted by atomic mass is 9.64. The van der Waals surface area contributed by atoms with Crippen molar-refractivity contribution in [2.75, 3.05) is 26.2 Å². The molecule has 0 radical (unpaired) electrons. The van der Waals surface area contributed by atoms with Gasteiger partial charge in [-0.25, -0.2) is 34.7 Å². The van der Waals surface area contributed by atoms with E-state index in [4.69, 9.17) is 31.2 Å². The van der Waals surface area contributed by atoms with Crippen LogP contribution in [0, 0.1) is 70.1 Å². The number of imidazole rings is 3. The highest BCUT2D eigenvalue weighted by molar-refractivity contribution is 5.92. The van der Waals surface area contributed by atoms with E-state index in [0.717, 1.165) is 196 Å². The summed E-state index contributed by atoms with van der Waals surface area (Å²) in [7, 11) is 0. The molecule has 5 saturated carbocycles. The van der Waals surface area contributed by atoms with Crippen molar-refractivity contribution in [1.82, 2.24) is 38.5 Å². The number of amidine groups is 2. The Morgan fingerprint density at radius 1 is 0.288 bits per heavy atom. The molecule has 3 aromatic heterocycles. The number of benzene rings is 10. The van der Waals surface area contributed by atoms with Crippen LogP contribution in [-0.2, 0) is 37.0 Å². The maximum atomic E-state index is 13.1. The summed E-state index contributed by atoms with van der Waals surface area (Å²) in [4.78, 5) is 66.3. The number of hydrogen-bond acceptors (Lipinski definition) is 9. The predicted octanol–water partition coefficient (Wildman–Crippen LogP) is 22.9. The van der Waals surface area contributed by atoms with Gasteiger partial charge in [-0.05, 0) is 165 Å². The quantitative estimate of drug-likeness (QED) is 0.0633. The summed E-state index contributed by atoms with van der Waals surface area (Å²) >= 11 is 0. The van der Waals surface area contributed by atoms with Gasteiger partial charge in [-0.15, -0.1) is 0 Å². The Kier molecular flexibility index (Phi) is 28.8. The molecule has 5 aliphatic carbocycles. The Morgan fingerprint density at radius 2 is 0.485 bits per heavy atom. The first-order valence-electron chi connectivity index (χ1n) is 47.4. The van der Waals surface area contributed by atoms with Crippen molar-refractivity contribution < 1.29 is 9.59 Å². The fourth-order valence-corrected chi connectivity index (χ4v) is 24.2. The van der Waals surface area contributed by atoms with Crippen LogP contribution in [0.1, 0.15) is 201 Å². The molecule has 5 fully saturated rings. The van der Waals surface area contributed by atoms with Crippen LogP contribution in [0.15, 0.2) is 350 Å². The number of nitrogens with two attached hydrogens (primary N) is 2. The molecule has 0 saturated heterocycles. The molecule has 0 bridgehead atoms. The maximum Gasteiger partial charge on any atom is 0.285 e. The van der Waals surface area contributed by atoms with E-state index in [9.17, 15) is 9.59 Å². The van der Waals surface area contributed by atoms with E-state index in [1.807, 2.05) is 227 Å².